The molecule has 52 valence electrons. The molecule has 4 nitrogen and oxygen atoms in total. The molecule has 0 saturated heterocycles. The summed E-state index contributed by atoms with van der Waals surface area (Å²) in [5, 5.41) is 25.0. The van der Waals surface area contributed by atoms with Crippen molar-refractivity contribution < 1.29 is 15.3 Å². The number of hydrogen-bond acceptors (Lipinski definition) is 4. The average Bonchev–Trinajstić information content (AvgIpc) is 1.87. The summed E-state index contributed by atoms with van der Waals surface area (Å²) in [7, 11) is 0. The van der Waals surface area contributed by atoms with E-state index in [9.17, 15) is 0 Å². The molecule has 5 N–H and O–H groups in total. The summed E-state index contributed by atoms with van der Waals surface area (Å²) < 4.78 is 0. The first-order valence-electron chi connectivity index (χ1n) is 2.30. The van der Waals surface area contributed by atoms with Crippen LogP contribution in [0.4, 0.5) is 0 Å². The Morgan fingerprint density at radius 1 is 1.00 bits per heavy atom. The summed E-state index contributed by atoms with van der Waals surface area (Å²) in [5.41, 5.74) is 3.94. The summed E-state index contributed by atoms with van der Waals surface area (Å²) in [5.74, 6) is 0. The molecule has 0 unspecified atom stereocenters. The normalized spacial score (nSPS) is 10.7. The van der Waals surface area contributed by atoms with Crippen molar-refractivity contribution in [1.29, 1.82) is 0 Å². The van der Waals surface area contributed by atoms with E-state index < -0.39 is 25.4 Å². The quantitative estimate of drug-likeness (QED) is 0.319. The van der Waals surface area contributed by atoms with E-state index in [4.69, 9.17) is 21.1 Å². The SMILES string of the molecule is NC(CO)(CO)CO.[NaH]. The van der Waals surface area contributed by atoms with Crippen molar-refractivity contribution in [3.05, 3.63) is 0 Å². The molecule has 5 heteroatoms. The Kier molecular flexibility index (Phi) is 7.80. The topological polar surface area (TPSA) is 86.7 Å². The van der Waals surface area contributed by atoms with Gasteiger partial charge < -0.3 is 21.1 Å². The molecule has 0 aliphatic heterocycles. The van der Waals surface area contributed by atoms with Crippen molar-refractivity contribution in [2.45, 2.75) is 5.54 Å². The van der Waals surface area contributed by atoms with Crippen molar-refractivity contribution in [2.24, 2.45) is 5.73 Å². The fourth-order valence-corrected chi connectivity index (χ4v) is 0.150. The number of rotatable bonds is 3. The molecule has 0 aromatic rings. The van der Waals surface area contributed by atoms with E-state index in [-0.39, 0.29) is 29.6 Å². The molecule has 0 heterocycles. The number of aliphatic hydroxyl groups excluding tert-OH is 3. The molecule has 0 radical (unpaired) electrons. The number of aliphatic hydroxyl groups is 3. The second-order valence-corrected chi connectivity index (χ2v) is 1.84. The predicted octanol–water partition coefficient (Wildman–Crippen LogP) is -2.99. The maximum absolute atomic E-state index is 8.34. The van der Waals surface area contributed by atoms with Gasteiger partial charge in [0.15, 0.2) is 0 Å². The standard InChI is InChI=1S/C4H11NO3.Na.H/c5-4(1-6,2-7)3-8;;/h6-8H,1-3,5H2;;. The van der Waals surface area contributed by atoms with Crippen molar-refractivity contribution in [1.82, 2.24) is 0 Å². The van der Waals surface area contributed by atoms with Gasteiger partial charge in [0, 0.05) is 0 Å². The number of nitrogens with two attached hydrogens (primary N) is 1. The minimum absolute atomic E-state index is 0. The van der Waals surface area contributed by atoms with Crippen LogP contribution in [0.3, 0.4) is 0 Å². The van der Waals surface area contributed by atoms with Gasteiger partial charge in [-0.1, -0.05) is 0 Å². The first-order chi connectivity index (χ1) is 3.68. The van der Waals surface area contributed by atoms with Gasteiger partial charge in [-0.15, -0.1) is 0 Å². The molecule has 0 aliphatic rings. The third kappa shape index (κ3) is 4.27. The maximum atomic E-state index is 8.34. The molecule has 0 aromatic carbocycles. The Morgan fingerprint density at radius 2 is 1.22 bits per heavy atom. The Morgan fingerprint density at radius 3 is 1.22 bits per heavy atom. The van der Waals surface area contributed by atoms with Gasteiger partial charge in [-0.3, -0.25) is 0 Å². The second kappa shape index (κ2) is 5.61. The van der Waals surface area contributed by atoms with E-state index in [1.807, 2.05) is 0 Å². The van der Waals surface area contributed by atoms with E-state index in [1.165, 1.54) is 0 Å². The van der Waals surface area contributed by atoms with E-state index >= 15 is 0 Å². The third-order valence-corrected chi connectivity index (χ3v) is 0.945. The Bertz CT molecular complexity index is 58.6. The van der Waals surface area contributed by atoms with Crippen LogP contribution in [0.15, 0.2) is 0 Å². The van der Waals surface area contributed by atoms with Crippen LogP contribution in [0, 0.1) is 0 Å². The molecule has 0 atom stereocenters. The summed E-state index contributed by atoms with van der Waals surface area (Å²) in [6.45, 7) is -1.21. The molecule has 0 spiro atoms. The zero-order valence-electron chi connectivity index (χ0n) is 4.54. The van der Waals surface area contributed by atoms with Crippen LogP contribution < -0.4 is 5.73 Å². The zero-order valence-corrected chi connectivity index (χ0v) is 4.54. The predicted molar refractivity (Wildman–Crippen MR) is 35.3 cm³/mol. The van der Waals surface area contributed by atoms with Crippen LogP contribution in [0.5, 0.6) is 0 Å². The van der Waals surface area contributed by atoms with Crippen molar-refractivity contribution in [3.63, 3.8) is 0 Å². The Labute approximate surface area is 76.0 Å². The van der Waals surface area contributed by atoms with E-state index in [1.54, 1.807) is 0 Å². The molecule has 0 rings (SSSR count). The molecule has 0 aromatic heterocycles. The van der Waals surface area contributed by atoms with Crippen LogP contribution in [-0.4, -0.2) is 70.2 Å². The molecular formula is C4H12NNaO3. The van der Waals surface area contributed by atoms with Gasteiger partial charge in [0.2, 0.25) is 0 Å². The summed E-state index contributed by atoms with van der Waals surface area (Å²) in [4.78, 5) is 0. The van der Waals surface area contributed by atoms with Gasteiger partial charge >= 0.3 is 29.6 Å². The minimum atomic E-state index is -1.21. The van der Waals surface area contributed by atoms with Crippen LogP contribution in [-0.2, 0) is 0 Å². The molecule has 0 fully saturated rings. The first kappa shape index (κ1) is 12.5. The van der Waals surface area contributed by atoms with Gasteiger partial charge in [-0.05, 0) is 0 Å². The zero-order chi connectivity index (χ0) is 6.62. The van der Waals surface area contributed by atoms with Crippen molar-refractivity contribution in [2.75, 3.05) is 19.8 Å². The molecule has 9 heavy (non-hydrogen) atoms. The van der Waals surface area contributed by atoms with Gasteiger partial charge in [-0.25, -0.2) is 0 Å². The Balaban J connectivity index is 0. The fourth-order valence-electron chi connectivity index (χ4n) is 0.150. The average molecular weight is 145 g/mol. The van der Waals surface area contributed by atoms with Crippen LogP contribution >= 0.6 is 0 Å². The molecule has 0 aliphatic carbocycles. The molecule has 0 amide bonds. The molecular weight excluding hydrogens is 133 g/mol. The molecule has 0 saturated carbocycles. The van der Waals surface area contributed by atoms with E-state index in [0.29, 0.717) is 0 Å². The second-order valence-electron chi connectivity index (χ2n) is 1.84. The summed E-state index contributed by atoms with van der Waals surface area (Å²) in [6, 6.07) is 0. The van der Waals surface area contributed by atoms with Gasteiger partial charge in [0.1, 0.15) is 0 Å². The summed E-state index contributed by atoms with van der Waals surface area (Å²) in [6.07, 6.45) is 0. The van der Waals surface area contributed by atoms with Crippen LogP contribution in [0.2, 0.25) is 0 Å². The van der Waals surface area contributed by atoms with Crippen molar-refractivity contribution in [3.8, 4) is 0 Å². The van der Waals surface area contributed by atoms with E-state index in [0.717, 1.165) is 0 Å². The monoisotopic (exact) mass is 145 g/mol. The summed E-state index contributed by atoms with van der Waals surface area (Å²) >= 11 is 0. The fraction of sp³-hybridized carbons (Fsp3) is 1.00. The van der Waals surface area contributed by atoms with Gasteiger partial charge in [0.25, 0.3) is 0 Å². The Hall–Kier alpha value is 0.840. The van der Waals surface area contributed by atoms with Gasteiger partial charge in [0.05, 0.1) is 25.4 Å². The third-order valence-electron chi connectivity index (χ3n) is 0.945. The van der Waals surface area contributed by atoms with E-state index in [2.05, 4.69) is 0 Å². The molecule has 0 bridgehead atoms. The van der Waals surface area contributed by atoms with Crippen LogP contribution in [0.1, 0.15) is 0 Å². The van der Waals surface area contributed by atoms with Crippen LogP contribution in [0.25, 0.3) is 0 Å². The van der Waals surface area contributed by atoms with Crippen molar-refractivity contribution >= 4 is 29.6 Å². The number of hydrogen-bond donors (Lipinski definition) is 4. The first-order valence-corrected chi connectivity index (χ1v) is 2.30. The van der Waals surface area contributed by atoms with Gasteiger partial charge in [-0.2, -0.15) is 0 Å².